The number of nitrogens with one attached hydrogen (secondary N) is 2. The van der Waals surface area contributed by atoms with Gasteiger partial charge in [-0.1, -0.05) is 41.9 Å². The lowest BCUT2D eigenvalue weighted by Crippen LogP contribution is -2.34. The van der Waals surface area contributed by atoms with Gasteiger partial charge in [0, 0.05) is 60.7 Å². The van der Waals surface area contributed by atoms with Gasteiger partial charge in [0.1, 0.15) is 11.5 Å². The van der Waals surface area contributed by atoms with Gasteiger partial charge in [-0.3, -0.25) is 9.78 Å². The van der Waals surface area contributed by atoms with Gasteiger partial charge in [0.25, 0.3) is 5.56 Å². The summed E-state index contributed by atoms with van der Waals surface area (Å²) in [6, 6.07) is 14.0. The zero-order chi connectivity index (χ0) is 30.8. The molecule has 0 aliphatic carbocycles. The minimum atomic E-state index is -0.219. The van der Waals surface area contributed by atoms with E-state index in [-0.39, 0.29) is 5.56 Å². The Morgan fingerprint density at radius 3 is 2.59 bits per heavy atom. The highest BCUT2D eigenvalue weighted by atomic mass is 35.5. The summed E-state index contributed by atoms with van der Waals surface area (Å²) in [5.41, 5.74) is 6.22. The number of anilines is 2. The molecule has 1 aliphatic heterocycles. The van der Waals surface area contributed by atoms with Gasteiger partial charge in [-0.25, -0.2) is 14.6 Å². The number of benzene rings is 2. The van der Waals surface area contributed by atoms with Gasteiger partial charge in [0.2, 0.25) is 5.88 Å². The molecule has 2 N–H and O–H groups in total. The first-order chi connectivity index (χ1) is 21.3. The van der Waals surface area contributed by atoms with E-state index in [1.807, 2.05) is 56.3 Å². The second-order valence-electron chi connectivity index (χ2n) is 10.9. The van der Waals surface area contributed by atoms with Crippen LogP contribution < -0.4 is 20.9 Å². The number of fused-ring (bicyclic) bond motifs is 1. The molecule has 1 aliphatic rings. The molecular weight excluding hydrogens is 578 g/mol. The summed E-state index contributed by atoms with van der Waals surface area (Å²) in [5, 5.41) is 12.9. The number of aryl methyl sites for hydroxylation is 2. The van der Waals surface area contributed by atoms with Crippen LogP contribution in [0.15, 0.2) is 59.7 Å². The Morgan fingerprint density at radius 2 is 1.80 bits per heavy atom. The first-order valence-corrected chi connectivity index (χ1v) is 14.9. The third-order valence-corrected chi connectivity index (χ3v) is 8.40. The SMILES string of the molecule is COc1nc(-c2cccc(-c3cccc(Nc4nc(C)cc5cnn(C)c(=O)c45)c3C)c2Cl)cnc1CNC1CCOCC1. The number of hydrogen-bond donors (Lipinski definition) is 2. The van der Waals surface area contributed by atoms with Crippen molar-refractivity contribution >= 4 is 33.9 Å². The van der Waals surface area contributed by atoms with Crippen LogP contribution in [-0.2, 0) is 18.3 Å². The Morgan fingerprint density at radius 1 is 1.05 bits per heavy atom. The minimum absolute atomic E-state index is 0.219. The highest BCUT2D eigenvalue weighted by Gasteiger charge is 2.19. The Labute approximate surface area is 260 Å². The molecule has 44 heavy (non-hydrogen) atoms. The van der Waals surface area contributed by atoms with Crippen LogP contribution in [0.5, 0.6) is 5.88 Å². The first kappa shape index (κ1) is 29.7. The summed E-state index contributed by atoms with van der Waals surface area (Å²) in [6.45, 7) is 6.00. The molecule has 1 fully saturated rings. The van der Waals surface area contributed by atoms with Gasteiger partial charge in [0.15, 0.2) is 0 Å². The van der Waals surface area contributed by atoms with E-state index < -0.39 is 0 Å². The number of halogens is 1. The Bertz CT molecular complexity index is 1900. The quantitative estimate of drug-likeness (QED) is 0.226. The Kier molecular flexibility index (Phi) is 8.56. The van der Waals surface area contributed by atoms with Crippen LogP contribution >= 0.6 is 11.6 Å². The van der Waals surface area contributed by atoms with Gasteiger partial charge in [-0.2, -0.15) is 5.10 Å². The average Bonchev–Trinajstić information content (AvgIpc) is 3.03. The fourth-order valence-electron chi connectivity index (χ4n) is 5.56. The van der Waals surface area contributed by atoms with Gasteiger partial charge < -0.3 is 20.1 Å². The number of aromatic nitrogens is 5. The standard InChI is InChI=1S/C33H34ClN7O3/c1-19-15-21-16-37-41(3)33(42)29(21)31(38-19)39-26-10-6-7-23(20(26)2)24-8-5-9-25(30(24)34)27-17-36-28(32(40-27)43-4)18-35-22-11-13-44-14-12-22/h5-10,15-17,22,35H,11-14,18H2,1-4H3,(H,38,39). The summed E-state index contributed by atoms with van der Waals surface area (Å²) in [5.74, 6) is 0.946. The Hall–Kier alpha value is -4.38. The summed E-state index contributed by atoms with van der Waals surface area (Å²) in [7, 11) is 3.23. The molecule has 11 heteroatoms. The lowest BCUT2D eigenvalue weighted by atomic mass is 9.96. The molecule has 6 rings (SSSR count). The van der Waals surface area contributed by atoms with E-state index in [0.717, 1.165) is 70.8 Å². The van der Waals surface area contributed by atoms with E-state index in [4.69, 9.17) is 26.1 Å². The van der Waals surface area contributed by atoms with Crippen LogP contribution in [0.3, 0.4) is 0 Å². The lowest BCUT2D eigenvalue weighted by molar-refractivity contribution is 0.0774. The van der Waals surface area contributed by atoms with Crippen LogP contribution in [0, 0.1) is 13.8 Å². The van der Waals surface area contributed by atoms with Gasteiger partial charge in [-0.15, -0.1) is 0 Å². The van der Waals surface area contributed by atoms with Gasteiger partial charge in [-0.05, 0) is 49.9 Å². The molecule has 3 aromatic heterocycles. The van der Waals surface area contributed by atoms with Crippen molar-refractivity contribution in [2.45, 2.75) is 39.3 Å². The number of nitrogens with zero attached hydrogens (tertiary/aromatic N) is 5. The number of hydrogen-bond acceptors (Lipinski definition) is 9. The smallest absolute Gasteiger partial charge is 0.278 e. The number of ether oxygens (including phenoxy) is 2. The molecule has 0 amide bonds. The van der Waals surface area contributed by atoms with Crippen molar-refractivity contribution in [2.75, 3.05) is 25.6 Å². The predicted octanol–water partition coefficient (Wildman–Crippen LogP) is 5.74. The van der Waals surface area contributed by atoms with Crippen molar-refractivity contribution in [3.63, 3.8) is 0 Å². The molecule has 0 unspecified atom stereocenters. The van der Waals surface area contributed by atoms with Crippen LogP contribution in [0.1, 0.15) is 29.8 Å². The van der Waals surface area contributed by atoms with E-state index in [1.54, 1.807) is 26.6 Å². The molecule has 0 bridgehead atoms. The van der Waals surface area contributed by atoms with Crippen molar-refractivity contribution in [2.24, 2.45) is 7.05 Å². The third-order valence-electron chi connectivity index (χ3n) is 7.99. The monoisotopic (exact) mass is 611 g/mol. The molecular formula is C33H34ClN7O3. The highest BCUT2D eigenvalue weighted by molar-refractivity contribution is 6.36. The summed E-state index contributed by atoms with van der Waals surface area (Å²) in [4.78, 5) is 27.1. The largest absolute Gasteiger partial charge is 0.480 e. The van der Waals surface area contributed by atoms with Gasteiger partial charge >= 0.3 is 0 Å². The van der Waals surface area contributed by atoms with Gasteiger partial charge in [0.05, 0.1) is 35.6 Å². The van der Waals surface area contributed by atoms with Crippen molar-refractivity contribution < 1.29 is 9.47 Å². The van der Waals surface area contributed by atoms with E-state index in [1.165, 1.54) is 4.68 Å². The normalized spacial score (nSPS) is 13.8. The van der Waals surface area contributed by atoms with E-state index >= 15 is 0 Å². The van der Waals surface area contributed by atoms with Crippen LogP contribution in [0.2, 0.25) is 5.02 Å². The van der Waals surface area contributed by atoms with Crippen LogP contribution in [0.25, 0.3) is 33.2 Å². The summed E-state index contributed by atoms with van der Waals surface area (Å²) in [6.07, 6.45) is 5.36. The maximum absolute atomic E-state index is 13.0. The Balaban J connectivity index is 1.32. The minimum Gasteiger partial charge on any atom is -0.480 e. The molecule has 0 spiro atoms. The topological polar surface area (TPSA) is 116 Å². The highest BCUT2D eigenvalue weighted by Crippen LogP contribution is 2.39. The van der Waals surface area contributed by atoms with Crippen molar-refractivity contribution in [1.82, 2.24) is 30.0 Å². The molecule has 4 heterocycles. The fraction of sp³-hybridized carbons (Fsp3) is 0.303. The van der Waals surface area contributed by atoms with Crippen molar-refractivity contribution in [3.8, 4) is 28.3 Å². The zero-order valence-corrected chi connectivity index (χ0v) is 25.9. The lowest BCUT2D eigenvalue weighted by Gasteiger charge is -2.23. The second kappa shape index (κ2) is 12.7. The number of pyridine rings is 1. The summed E-state index contributed by atoms with van der Waals surface area (Å²) >= 11 is 7.08. The molecule has 0 atom stereocenters. The molecule has 1 saturated heterocycles. The van der Waals surface area contributed by atoms with E-state index in [0.29, 0.717) is 40.4 Å². The molecule has 0 radical (unpaired) electrons. The number of methoxy groups -OCH3 is 1. The molecule has 0 saturated carbocycles. The van der Waals surface area contributed by atoms with E-state index in [2.05, 4.69) is 25.7 Å². The van der Waals surface area contributed by atoms with Crippen molar-refractivity contribution in [3.05, 3.63) is 87.2 Å². The van der Waals surface area contributed by atoms with Crippen LogP contribution in [-0.4, -0.2) is 51.1 Å². The van der Waals surface area contributed by atoms with Crippen LogP contribution in [0.4, 0.5) is 11.5 Å². The summed E-state index contributed by atoms with van der Waals surface area (Å²) < 4.78 is 12.4. The molecule has 5 aromatic rings. The first-order valence-electron chi connectivity index (χ1n) is 14.5. The average molecular weight is 612 g/mol. The predicted molar refractivity (Wildman–Crippen MR) is 173 cm³/mol. The second-order valence-corrected chi connectivity index (χ2v) is 11.3. The maximum atomic E-state index is 13.0. The molecule has 226 valence electrons. The molecule has 10 nitrogen and oxygen atoms in total. The van der Waals surface area contributed by atoms with E-state index in [9.17, 15) is 4.79 Å². The number of rotatable bonds is 8. The maximum Gasteiger partial charge on any atom is 0.278 e. The third kappa shape index (κ3) is 5.88. The molecule has 2 aromatic carbocycles. The zero-order valence-electron chi connectivity index (χ0n) is 25.1. The van der Waals surface area contributed by atoms with Crippen molar-refractivity contribution in [1.29, 1.82) is 0 Å². The fourth-order valence-corrected chi connectivity index (χ4v) is 5.89.